The van der Waals surface area contributed by atoms with Crippen LogP contribution in [-0.2, 0) is 9.53 Å². The van der Waals surface area contributed by atoms with Crippen LogP contribution in [0.1, 0.15) is 26.7 Å². The highest BCUT2D eigenvalue weighted by Crippen LogP contribution is 1.96. The van der Waals surface area contributed by atoms with Gasteiger partial charge in [0, 0.05) is 0 Å². The molecule has 0 fully saturated rings. The van der Waals surface area contributed by atoms with Crippen molar-refractivity contribution in [3.63, 3.8) is 0 Å². The fraction of sp³-hybridized carbons (Fsp3) is 0.778. The summed E-state index contributed by atoms with van der Waals surface area (Å²) in [6, 6.07) is -0.920. The molecule has 0 heterocycles. The molecule has 0 spiro atoms. The molecule has 1 unspecified atom stereocenters. The third-order valence-corrected chi connectivity index (χ3v) is 1.47. The van der Waals surface area contributed by atoms with Crippen molar-refractivity contribution in [2.45, 2.75) is 32.7 Å². The van der Waals surface area contributed by atoms with Gasteiger partial charge in [-0.3, -0.25) is 0 Å². The van der Waals surface area contributed by atoms with Crippen LogP contribution in [0.15, 0.2) is 0 Å². The third-order valence-electron chi connectivity index (χ3n) is 1.47. The Bertz CT molecular complexity index is 185. The number of nitrogens with one attached hydrogen (secondary N) is 1. The molecule has 0 aromatic rings. The maximum Gasteiger partial charge on any atom is 0.407 e. The monoisotopic (exact) mass is 220 g/mol. The summed E-state index contributed by atoms with van der Waals surface area (Å²) in [4.78, 5) is 21.2. The van der Waals surface area contributed by atoms with Gasteiger partial charge in [-0.15, -0.1) is 0 Å². The average Bonchev–Trinajstić information content (AvgIpc) is 2.26. The molecule has 15 heavy (non-hydrogen) atoms. The Morgan fingerprint density at radius 1 is 1.47 bits per heavy atom. The molecule has 1 amide bonds. The lowest BCUT2D eigenvalue weighted by Gasteiger charge is -2.12. The van der Waals surface area contributed by atoms with Crippen molar-refractivity contribution >= 4 is 12.1 Å². The topological polar surface area (TPSA) is 102 Å². The summed E-state index contributed by atoms with van der Waals surface area (Å²) < 4.78 is 4.27. The van der Waals surface area contributed by atoms with Gasteiger partial charge in [-0.05, 0) is 19.4 Å². The first-order valence-corrected chi connectivity index (χ1v) is 4.89. The second-order valence-corrected chi connectivity index (χ2v) is 2.46. The molecule has 1 atom stereocenters. The summed E-state index contributed by atoms with van der Waals surface area (Å²) in [5.74, 6) is -1.08. The predicted molar refractivity (Wildman–Crippen MR) is 56.6 cm³/mol. The molecular weight excluding hydrogens is 200 g/mol. The molecule has 0 saturated heterocycles. The lowest BCUT2D eigenvalue weighted by Crippen LogP contribution is -2.40. The molecule has 0 rings (SSSR count). The van der Waals surface area contributed by atoms with E-state index >= 15 is 0 Å². The molecule has 0 aromatic carbocycles. The van der Waals surface area contributed by atoms with Gasteiger partial charge in [-0.2, -0.15) is 0 Å². The molecule has 0 radical (unpaired) electrons. The Morgan fingerprint density at radius 2 is 2.00 bits per heavy atom. The SMILES string of the molecule is CC.COC(=O)NC(CCCN)C(=O)O. The molecule has 6 heteroatoms. The Morgan fingerprint density at radius 3 is 2.33 bits per heavy atom. The zero-order valence-electron chi connectivity index (χ0n) is 9.45. The number of rotatable bonds is 5. The van der Waals surface area contributed by atoms with Crippen LogP contribution in [0.2, 0.25) is 0 Å². The van der Waals surface area contributed by atoms with E-state index in [4.69, 9.17) is 10.8 Å². The standard InChI is InChI=1S/C7H14N2O4.C2H6/c1-13-7(12)9-5(6(10)11)3-2-4-8;1-2/h5H,2-4,8H2,1H3,(H,9,12)(H,10,11);1-2H3. The highest BCUT2D eigenvalue weighted by molar-refractivity contribution is 5.79. The lowest BCUT2D eigenvalue weighted by atomic mass is 10.1. The van der Waals surface area contributed by atoms with Gasteiger partial charge in [0.05, 0.1) is 7.11 Å². The Balaban J connectivity index is 0. The van der Waals surface area contributed by atoms with Crippen LogP contribution in [0.5, 0.6) is 0 Å². The number of nitrogens with two attached hydrogens (primary N) is 1. The Hall–Kier alpha value is -1.30. The van der Waals surface area contributed by atoms with Crippen molar-refractivity contribution in [2.24, 2.45) is 5.73 Å². The molecule has 0 aromatic heterocycles. The number of carbonyl (C=O) groups excluding carboxylic acids is 1. The van der Waals surface area contributed by atoms with Crippen molar-refractivity contribution in [1.29, 1.82) is 0 Å². The Kier molecular flexibility index (Phi) is 11.6. The Labute approximate surface area is 89.8 Å². The zero-order valence-corrected chi connectivity index (χ0v) is 9.45. The molecule has 0 aliphatic heterocycles. The van der Waals surface area contributed by atoms with Crippen LogP contribution in [0.4, 0.5) is 4.79 Å². The highest BCUT2D eigenvalue weighted by atomic mass is 16.5. The van der Waals surface area contributed by atoms with Gasteiger partial charge >= 0.3 is 12.1 Å². The van der Waals surface area contributed by atoms with Crippen molar-refractivity contribution < 1.29 is 19.4 Å². The number of hydrogen-bond acceptors (Lipinski definition) is 4. The first-order chi connectivity index (χ1) is 7.11. The van der Waals surface area contributed by atoms with Gasteiger partial charge < -0.3 is 20.9 Å². The van der Waals surface area contributed by atoms with Crippen LogP contribution < -0.4 is 11.1 Å². The van der Waals surface area contributed by atoms with Gasteiger partial charge in [0.2, 0.25) is 0 Å². The maximum atomic E-state index is 10.7. The smallest absolute Gasteiger partial charge is 0.407 e. The fourth-order valence-electron chi connectivity index (χ4n) is 0.781. The van der Waals surface area contributed by atoms with E-state index in [1.807, 2.05) is 13.8 Å². The van der Waals surface area contributed by atoms with E-state index in [0.29, 0.717) is 19.4 Å². The van der Waals surface area contributed by atoms with E-state index in [-0.39, 0.29) is 0 Å². The van der Waals surface area contributed by atoms with E-state index in [1.54, 1.807) is 0 Å². The number of ether oxygens (including phenoxy) is 1. The van der Waals surface area contributed by atoms with Crippen LogP contribution >= 0.6 is 0 Å². The van der Waals surface area contributed by atoms with E-state index in [9.17, 15) is 9.59 Å². The molecule has 6 nitrogen and oxygen atoms in total. The van der Waals surface area contributed by atoms with E-state index < -0.39 is 18.1 Å². The number of aliphatic carboxylic acids is 1. The lowest BCUT2D eigenvalue weighted by molar-refractivity contribution is -0.139. The summed E-state index contributed by atoms with van der Waals surface area (Å²) >= 11 is 0. The number of carboxylic acid groups (broad SMARTS) is 1. The molecule has 4 N–H and O–H groups in total. The number of methoxy groups -OCH3 is 1. The number of carboxylic acids is 1. The number of alkyl carbamates (subject to hydrolysis) is 1. The second kappa shape index (κ2) is 10.8. The maximum absolute atomic E-state index is 10.7. The predicted octanol–water partition coefficient (Wildman–Crippen LogP) is 0.561. The van der Waals surface area contributed by atoms with Gasteiger partial charge in [0.25, 0.3) is 0 Å². The minimum Gasteiger partial charge on any atom is -0.480 e. The molecule has 0 aliphatic rings. The van der Waals surface area contributed by atoms with Crippen molar-refractivity contribution in [3.05, 3.63) is 0 Å². The van der Waals surface area contributed by atoms with Crippen molar-refractivity contribution in [3.8, 4) is 0 Å². The quantitative estimate of drug-likeness (QED) is 0.628. The normalized spacial score (nSPS) is 10.7. The first kappa shape index (κ1) is 16.1. The van der Waals surface area contributed by atoms with Crippen LogP contribution in [0.3, 0.4) is 0 Å². The summed E-state index contributed by atoms with van der Waals surface area (Å²) in [5.41, 5.74) is 5.20. The van der Waals surface area contributed by atoms with Gasteiger partial charge in [0.15, 0.2) is 0 Å². The van der Waals surface area contributed by atoms with Crippen LogP contribution in [0, 0.1) is 0 Å². The van der Waals surface area contributed by atoms with E-state index in [1.165, 1.54) is 7.11 Å². The number of amides is 1. The molecule has 0 saturated carbocycles. The number of carbonyl (C=O) groups is 2. The fourth-order valence-corrected chi connectivity index (χ4v) is 0.781. The van der Waals surface area contributed by atoms with Gasteiger partial charge in [-0.25, -0.2) is 9.59 Å². The summed E-state index contributed by atoms with van der Waals surface area (Å²) in [7, 11) is 1.18. The first-order valence-electron chi connectivity index (χ1n) is 4.89. The molecule has 0 aliphatic carbocycles. The van der Waals surface area contributed by atoms with Crippen LogP contribution in [0.25, 0.3) is 0 Å². The van der Waals surface area contributed by atoms with Gasteiger partial charge in [0.1, 0.15) is 6.04 Å². The zero-order chi connectivity index (χ0) is 12.3. The van der Waals surface area contributed by atoms with Gasteiger partial charge in [-0.1, -0.05) is 13.8 Å². The van der Waals surface area contributed by atoms with E-state index in [2.05, 4.69) is 10.1 Å². The van der Waals surface area contributed by atoms with Crippen molar-refractivity contribution in [1.82, 2.24) is 5.32 Å². The van der Waals surface area contributed by atoms with E-state index in [0.717, 1.165) is 0 Å². The molecular formula is C9H20N2O4. The third kappa shape index (κ3) is 9.01. The summed E-state index contributed by atoms with van der Waals surface area (Å²) in [6.45, 7) is 4.40. The minimum atomic E-state index is -1.08. The van der Waals surface area contributed by atoms with Crippen LogP contribution in [-0.4, -0.2) is 36.9 Å². The summed E-state index contributed by atoms with van der Waals surface area (Å²) in [5, 5.41) is 10.8. The average molecular weight is 220 g/mol. The molecule has 0 bridgehead atoms. The van der Waals surface area contributed by atoms with Crippen molar-refractivity contribution in [2.75, 3.05) is 13.7 Å². The highest BCUT2D eigenvalue weighted by Gasteiger charge is 2.18. The molecule has 90 valence electrons. The summed E-state index contributed by atoms with van der Waals surface area (Å²) in [6.07, 6.45) is 0.103. The number of hydrogen-bond donors (Lipinski definition) is 3. The second-order valence-electron chi connectivity index (χ2n) is 2.46. The largest absolute Gasteiger partial charge is 0.480 e. The minimum absolute atomic E-state index is 0.306.